The fraction of sp³-hybridized carbons (Fsp3) is 0.706. The van der Waals surface area contributed by atoms with Gasteiger partial charge in [0, 0.05) is 55.2 Å². The van der Waals surface area contributed by atoms with E-state index in [9.17, 15) is 99.0 Å². The molecule has 20 N–H and O–H groups in total. The highest BCUT2D eigenvalue weighted by atomic mass is 31.2. The summed E-state index contributed by atoms with van der Waals surface area (Å²) in [5, 5.41) is 119. The number of nitrogens with one attached hydrogen (secondary N) is 10. The van der Waals surface area contributed by atoms with Gasteiger partial charge in [-0.15, -0.1) is 65.9 Å². The van der Waals surface area contributed by atoms with Crippen LogP contribution in [0.3, 0.4) is 0 Å². The number of aliphatic hydroxyl groups excluding tert-OH is 10. The smallest absolute Gasteiger partial charge is 0.330 e. The van der Waals surface area contributed by atoms with Crippen LogP contribution in [0.1, 0.15) is 157 Å². The molecule has 130 heavy (non-hydrogen) atoms. The lowest BCUT2D eigenvalue weighted by atomic mass is 10.0. The van der Waals surface area contributed by atoms with Crippen molar-refractivity contribution in [1.29, 1.82) is 0 Å². The first-order valence-electron chi connectivity index (χ1n) is 44.4. The standard InChI is InChI=1S/5C17H30N3O5P/c3*1-5-7-18-10-20-9-11(16(23)19-17(20)24)15-14(22)13(21)12(25-15)6-8-26(2,3)4;2*1-5-7-18-9-11-10-20(17(24)19-15(11)23)16-14(22)13(21)12(25-16)6-8-26(2,3)4/h3*9,12-15,18,21-22H,2,5-8,10H2,1,3-4H3,(H,19,23,24);2*10,12-14,16,18,21-22H,2,5-9H2,1,3-4H3,(H,19,23,24)/t3*12-,13-,14-,15+;2*12-,13-,14-,16-/m11111/s1. The number of hydrogen-bond acceptors (Lipinski definition) is 30. The maximum Gasteiger partial charge on any atom is 0.330 e. The van der Waals surface area contributed by atoms with E-state index in [1.165, 1.54) is 44.7 Å². The van der Waals surface area contributed by atoms with E-state index in [1.54, 1.807) is 0 Å². The first-order valence-corrected chi connectivity index (χ1v) is 59.6. The Morgan fingerprint density at radius 1 is 0.300 bits per heavy atom. The van der Waals surface area contributed by atoms with Gasteiger partial charge in [0.15, 0.2) is 12.5 Å². The number of rotatable bonds is 40. The Labute approximate surface area is 758 Å². The monoisotopic (exact) mass is 1940 g/mol. The van der Waals surface area contributed by atoms with Crippen molar-refractivity contribution < 1.29 is 74.7 Å². The second kappa shape index (κ2) is 51.3. The van der Waals surface area contributed by atoms with Crippen LogP contribution in [0.4, 0.5) is 0 Å². The number of aromatic amines is 5. The Bertz CT molecular complexity index is 4590. The summed E-state index contributed by atoms with van der Waals surface area (Å²) in [5.74, 6) is 0. The quantitative estimate of drug-likeness (QED) is 0.0161. The summed E-state index contributed by atoms with van der Waals surface area (Å²) in [5.41, 5.74) is -4.54. The van der Waals surface area contributed by atoms with Crippen LogP contribution >= 0.6 is 34.4 Å². The number of ether oxygens (including phenoxy) is 5. The van der Waals surface area contributed by atoms with E-state index >= 15 is 0 Å². The van der Waals surface area contributed by atoms with Gasteiger partial charge in [-0.3, -0.25) is 87.7 Å². The molecule has 0 amide bonds. The van der Waals surface area contributed by atoms with Gasteiger partial charge in [-0.1, -0.05) is 34.6 Å². The molecule has 5 fully saturated rings. The Morgan fingerprint density at radius 2 is 0.515 bits per heavy atom. The van der Waals surface area contributed by atoms with Crippen molar-refractivity contribution in [3.63, 3.8) is 0 Å². The first-order chi connectivity index (χ1) is 60.7. The fourth-order valence-corrected chi connectivity index (χ4v) is 19.4. The largest absolute Gasteiger partial charge is 0.388 e. The molecule has 0 aromatic carbocycles. The van der Waals surface area contributed by atoms with Gasteiger partial charge >= 0.3 is 28.4 Å². The third-order valence-electron chi connectivity index (χ3n) is 22.1. The number of aromatic nitrogens is 10. The predicted octanol–water partition coefficient (Wildman–Crippen LogP) is -1.23. The van der Waals surface area contributed by atoms with Gasteiger partial charge in [-0.2, -0.15) is 0 Å². The van der Waals surface area contributed by atoms with Crippen molar-refractivity contribution in [2.75, 3.05) is 130 Å². The molecule has 0 unspecified atom stereocenters. The van der Waals surface area contributed by atoms with Gasteiger partial charge in [0.1, 0.15) is 79.4 Å². The Balaban J connectivity index is 0.000000250. The topological polar surface area (TPSA) is 583 Å². The second-order valence-corrected chi connectivity index (χ2v) is 59.1. The van der Waals surface area contributed by atoms with Crippen molar-refractivity contribution in [3.05, 3.63) is 163 Å². The zero-order chi connectivity index (χ0) is 97.4. The minimum atomic E-state index is -1.29. The maximum absolute atomic E-state index is 12.2. The summed E-state index contributed by atoms with van der Waals surface area (Å²) < 4.78 is 35.3. The summed E-state index contributed by atoms with van der Waals surface area (Å²) in [7, 11) is 0. The van der Waals surface area contributed by atoms with E-state index in [2.05, 4.69) is 150 Å². The number of aliphatic hydroxyl groups is 10. The summed E-state index contributed by atoms with van der Waals surface area (Å²) in [6.07, 6.45) is 19.7. The molecule has 740 valence electrons. The molecular weight excluding hydrogens is 1790 g/mol. The number of H-pyrrole nitrogens is 5. The molecule has 5 aromatic rings. The van der Waals surface area contributed by atoms with Gasteiger partial charge in [0.2, 0.25) is 0 Å². The van der Waals surface area contributed by atoms with Gasteiger partial charge in [0.05, 0.1) is 67.2 Å². The minimum absolute atomic E-state index is 0.139. The molecule has 5 aromatic heterocycles. The van der Waals surface area contributed by atoms with E-state index in [0.717, 1.165) is 105 Å². The van der Waals surface area contributed by atoms with E-state index in [0.29, 0.717) is 56.3 Å². The molecule has 20 atom stereocenters. The molecular formula is C85H150N15O25P5. The third kappa shape index (κ3) is 34.1. The summed E-state index contributed by atoms with van der Waals surface area (Å²) in [4.78, 5) is 132. The Morgan fingerprint density at radius 3 is 0.746 bits per heavy atom. The first kappa shape index (κ1) is 113. The molecule has 0 saturated carbocycles. The van der Waals surface area contributed by atoms with E-state index in [1.807, 2.05) is 34.6 Å². The summed E-state index contributed by atoms with van der Waals surface area (Å²) >= 11 is 0. The lowest BCUT2D eigenvalue weighted by molar-refractivity contribution is -0.0404. The van der Waals surface area contributed by atoms with Crippen LogP contribution in [0.25, 0.3) is 0 Å². The van der Waals surface area contributed by atoms with Crippen LogP contribution in [-0.4, -0.2) is 352 Å². The summed E-state index contributed by atoms with van der Waals surface area (Å²) in [6, 6.07) is 0. The SMILES string of the molecule is C=P(C)(C)CC[C@H]1O[C@@H](c2cn(CNCCC)c(=O)[nH]c2=O)[C@H](O)[C@@H]1O.C=P(C)(C)CC[C@H]1O[C@@H](c2cn(CNCCC)c(=O)[nH]c2=O)[C@H](O)[C@@H]1O.C=P(C)(C)CC[C@H]1O[C@@H](c2cn(CNCCC)c(=O)[nH]c2=O)[C@H](O)[C@@H]1O.C=P(C)(C)CC[C@H]1O[C@@H](n2cc(CNCCC)c(=O)[nH]c2=O)[C@H](O)[C@@H]1O.C=P(C)(C)CC[C@H]1O[C@@H](n2cc(CNCCC)c(=O)[nH]c2=O)[C@H](O)[C@@H]1O. The van der Waals surface area contributed by atoms with Crippen LogP contribution < -0.4 is 82.8 Å². The Kier molecular flexibility index (Phi) is 44.5. The van der Waals surface area contributed by atoms with Crippen LogP contribution in [-0.2, 0) is 56.8 Å². The third-order valence-corrected chi connectivity index (χ3v) is 29.5. The van der Waals surface area contributed by atoms with Crippen molar-refractivity contribution in [1.82, 2.24) is 74.3 Å². The van der Waals surface area contributed by atoms with Gasteiger partial charge in [0.25, 0.3) is 27.8 Å². The van der Waals surface area contributed by atoms with Crippen molar-refractivity contribution in [2.45, 2.75) is 254 Å². The molecule has 0 aliphatic carbocycles. The molecule has 10 rings (SSSR count). The van der Waals surface area contributed by atoms with Gasteiger partial charge in [-0.05, 0) is 194 Å². The maximum atomic E-state index is 12.2. The van der Waals surface area contributed by atoms with E-state index in [4.69, 9.17) is 23.7 Å². The molecule has 5 aliphatic rings. The molecule has 5 saturated heterocycles. The van der Waals surface area contributed by atoms with Crippen molar-refractivity contribution >= 4 is 65.9 Å². The average Bonchev–Trinajstić information content (AvgIpc) is 1.62. The Hall–Kier alpha value is -5.90. The van der Waals surface area contributed by atoms with Crippen molar-refractivity contribution in [3.8, 4) is 0 Å². The predicted molar refractivity (Wildman–Crippen MR) is 523 cm³/mol. The molecule has 10 heterocycles. The lowest BCUT2D eigenvalue weighted by Crippen LogP contribution is -2.39. The van der Waals surface area contributed by atoms with Gasteiger partial charge < -0.3 is 85.4 Å². The van der Waals surface area contributed by atoms with Crippen molar-refractivity contribution in [2.24, 2.45) is 0 Å². The van der Waals surface area contributed by atoms with Crippen LogP contribution in [0.5, 0.6) is 0 Å². The highest BCUT2D eigenvalue weighted by Gasteiger charge is 2.49. The van der Waals surface area contributed by atoms with Crippen LogP contribution in [0.2, 0.25) is 0 Å². The fourth-order valence-electron chi connectivity index (χ4n) is 14.7. The zero-order valence-electron chi connectivity index (χ0n) is 78.2. The molecule has 40 nitrogen and oxygen atoms in total. The number of nitrogens with zero attached hydrogens (tertiary/aromatic N) is 5. The van der Waals surface area contributed by atoms with Crippen LogP contribution in [0, 0.1) is 0 Å². The minimum Gasteiger partial charge on any atom is -0.388 e. The van der Waals surface area contributed by atoms with E-state index < -0.39 is 213 Å². The zero-order valence-corrected chi connectivity index (χ0v) is 82.7. The molecule has 0 radical (unpaired) electrons. The van der Waals surface area contributed by atoms with Gasteiger partial charge in [-0.25, -0.2) is 24.0 Å². The highest BCUT2D eigenvalue weighted by Crippen LogP contribution is 2.45. The molecule has 0 bridgehead atoms. The second-order valence-electron chi connectivity index (χ2n) is 37.5. The van der Waals surface area contributed by atoms with E-state index in [-0.39, 0.29) is 36.7 Å². The highest BCUT2D eigenvalue weighted by molar-refractivity contribution is 7.73. The molecule has 5 aliphatic heterocycles. The van der Waals surface area contributed by atoms with Crippen LogP contribution in [0.15, 0.2) is 78.9 Å². The summed E-state index contributed by atoms with van der Waals surface area (Å²) in [6.45, 7) is 29.5. The average molecular weight is 1940 g/mol. The molecule has 0 spiro atoms. The normalized spacial score (nSPS) is 26.3. The number of hydrogen-bond donors (Lipinski definition) is 20. The molecule has 45 heteroatoms. The lowest BCUT2D eigenvalue weighted by Gasteiger charge is -2.19.